The van der Waals surface area contributed by atoms with Crippen LogP contribution in [0.3, 0.4) is 0 Å². The molecule has 6 rings (SSSR count). The van der Waals surface area contributed by atoms with E-state index in [9.17, 15) is 0 Å². The molecule has 0 unspecified atom stereocenters. The van der Waals surface area contributed by atoms with Gasteiger partial charge in [-0.3, -0.25) is 0 Å². The quantitative estimate of drug-likeness (QED) is 0.316. The summed E-state index contributed by atoms with van der Waals surface area (Å²) in [5, 5.41) is 0. The van der Waals surface area contributed by atoms with Crippen LogP contribution in [0.15, 0.2) is 45.8 Å². The molecule has 0 aromatic heterocycles. The Morgan fingerprint density at radius 2 is 1.09 bits per heavy atom. The summed E-state index contributed by atoms with van der Waals surface area (Å²) in [5.74, 6) is 1.87. The number of aryl methyl sites for hydroxylation is 2. The average Bonchev–Trinajstić information content (AvgIpc) is 3.59. The van der Waals surface area contributed by atoms with Gasteiger partial charge in [0.05, 0.1) is 0 Å². The third-order valence-electron chi connectivity index (χ3n) is 11.6. The second kappa shape index (κ2) is 15.4. The number of halogens is 2. The van der Waals surface area contributed by atoms with Gasteiger partial charge in [0.25, 0.3) is 0 Å². The van der Waals surface area contributed by atoms with Crippen molar-refractivity contribution in [2.45, 2.75) is 153 Å². The predicted octanol–water partition coefficient (Wildman–Crippen LogP) is 6.55. The van der Waals surface area contributed by atoms with Gasteiger partial charge < -0.3 is 24.8 Å². The van der Waals surface area contributed by atoms with Gasteiger partial charge in [-0.05, 0) is 0 Å². The van der Waals surface area contributed by atoms with Crippen molar-refractivity contribution in [2.75, 3.05) is 0 Å². The van der Waals surface area contributed by atoms with E-state index in [1.54, 1.807) is 22.3 Å². The molecule has 0 N–H and O–H groups in total. The molecule has 0 saturated heterocycles. The summed E-state index contributed by atoms with van der Waals surface area (Å²) in [6.07, 6.45) is 26.3. The van der Waals surface area contributed by atoms with Crippen LogP contribution in [0.2, 0.25) is 0 Å². The first kappa shape index (κ1) is 38.1. The number of rotatable bonds is 6. The minimum absolute atomic E-state index is 0. The van der Waals surface area contributed by atoms with Gasteiger partial charge >= 0.3 is 280 Å². The maximum absolute atomic E-state index is 2.69. The Morgan fingerprint density at radius 3 is 1.46 bits per heavy atom. The van der Waals surface area contributed by atoms with Crippen LogP contribution in [0.1, 0.15) is 162 Å². The summed E-state index contributed by atoms with van der Waals surface area (Å²) in [5.41, 5.74) is 12.9. The van der Waals surface area contributed by atoms with Crippen molar-refractivity contribution >= 4 is 3.21 Å². The van der Waals surface area contributed by atoms with Crippen molar-refractivity contribution < 1.29 is 46.1 Å². The fraction of sp³-hybridized carbons (Fsp3) is 0.605. The van der Waals surface area contributed by atoms with Crippen LogP contribution in [0.4, 0.5) is 0 Å². The molecule has 2 aromatic carbocycles. The molecule has 250 valence electrons. The molecule has 4 aliphatic carbocycles. The second-order valence-electron chi connectivity index (χ2n) is 17.2. The minimum Gasteiger partial charge on any atom is -1.00 e. The van der Waals surface area contributed by atoms with Crippen molar-refractivity contribution in [3.63, 3.8) is 0 Å². The van der Waals surface area contributed by atoms with Gasteiger partial charge in [-0.1, -0.05) is 0 Å². The molecule has 0 heterocycles. The zero-order chi connectivity index (χ0) is 31.2. The van der Waals surface area contributed by atoms with E-state index in [1.165, 1.54) is 106 Å². The molecule has 0 bridgehead atoms. The van der Waals surface area contributed by atoms with Crippen LogP contribution in [0.5, 0.6) is 0 Å². The number of hydrogen-bond acceptors (Lipinski definition) is 0. The van der Waals surface area contributed by atoms with Crippen LogP contribution in [0.25, 0.3) is 11.1 Å². The summed E-state index contributed by atoms with van der Waals surface area (Å²) in [6, 6.07) is 10.7. The fourth-order valence-corrected chi connectivity index (χ4v) is 19.3. The van der Waals surface area contributed by atoms with Crippen molar-refractivity contribution in [1.29, 1.82) is 0 Å². The zero-order valence-electron chi connectivity index (χ0n) is 30.2. The van der Waals surface area contributed by atoms with Gasteiger partial charge in [0.2, 0.25) is 0 Å². The third-order valence-corrected chi connectivity index (χ3v) is 20.1. The summed E-state index contributed by atoms with van der Waals surface area (Å²) < 4.78 is 4.61. The van der Waals surface area contributed by atoms with E-state index in [0.717, 1.165) is 11.8 Å². The topological polar surface area (TPSA) is 0 Å². The molecule has 0 amide bonds. The standard InChI is InChI=1S/C23H29.C15H26.C5H5.2ClH.Zr/c1-14-9-16-11-17-10-15(2)21(23(6,7)8)13-19(17)18(16)12-20(14)22(3,4)5;1-3-8-14(9-4-1)12-7-13-15-10-5-2-6-11-15;1-2-4-5-3-1;;;/h9-13H,1-8H3;14-15H,1-6,8-13H2;1-3H,4H2;2*1H;/q;;;;;+2/p-2. The van der Waals surface area contributed by atoms with Crippen LogP contribution in [-0.2, 0) is 32.1 Å². The van der Waals surface area contributed by atoms with E-state index in [4.69, 9.17) is 0 Å². The minimum atomic E-state index is -2.35. The summed E-state index contributed by atoms with van der Waals surface area (Å²) in [6.45, 7) is 19.2. The van der Waals surface area contributed by atoms with Crippen molar-refractivity contribution in [2.24, 2.45) is 11.8 Å². The molecule has 3 heteroatoms. The number of allylic oxidation sites excluding steroid dienone is 4. The summed E-state index contributed by atoms with van der Waals surface area (Å²) >= 11 is -2.35. The number of hydrogen-bond donors (Lipinski definition) is 0. The van der Waals surface area contributed by atoms with Gasteiger partial charge in [0, 0.05) is 0 Å². The molecular weight excluding hydrogens is 679 g/mol. The Kier molecular flexibility index (Phi) is 12.8. The third kappa shape index (κ3) is 8.00. The molecule has 2 saturated carbocycles. The molecule has 0 spiro atoms. The fourth-order valence-electron chi connectivity index (χ4n) is 9.55. The van der Waals surface area contributed by atoms with Crippen molar-refractivity contribution in [1.82, 2.24) is 0 Å². The first-order chi connectivity index (χ1) is 20.9. The Hall–Kier alpha value is -0.747. The van der Waals surface area contributed by atoms with E-state index in [-0.39, 0.29) is 35.6 Å². The van der Waals surface area contributed by atoms with Crippen LogP contribution < -0.4 is 24.8 Å². The van der Waals surface area contributed by atoms with Crippen molar-refractivity contribution in [3.05, 3.63) is 79.2 Å². The zero-order valence-corrected chi connectivity index (χ0v) is 34.2. The van der Waals surface area contributed by atoms with Gasteiger partial charge in [0.1, 0.15) is 0 Å². The van der Waals surface area contributed by atoms with Gasteiger partial charge in [-0.25, -0.2) is 0 Å². The molecule has 46 heavy (non-hydrogen) atoms. The maximum atomic E-state index is 2.69. The monoisotopic (exact) mass is 736 g/mol. The normalized spacial score (nSPS) is 18.6. The molecule has 4 aliphatic rings. The van der Waals surface area contributed by atoms with Gasteiger partial charge in [-0.15, -0.1) is 0 Å². The SMILES string of the molecule is Cc1cc2c(cc1C(C)(C)C)-c1cc(C(C)(C)C)c(C)cc1[CH]2[Zr+2]([C]1=CC=CC1)=[C](CC1CCCCC1)CC1CCCCC1.[Cl-].[Cl-]. The van der Waals surface area contributed by atoms with E-state index in [2.05, 4.69) is 101 Å². The number of benzene rings is 2. The molecule has 0 aliphatic heterocycles. The van der Waals surface area contributed by atoms with Gasteiger partial charge in [-0.2, -0.15) is 0 Å². The Morgan fingerprint density at radius 1 is 0.652 bits per heavy atom. The van der Waals surface area contributed by atoms with Crippen LogP contribution in [-0.4, -0.2) is 3.21 Å². The smallest absolute Gasteiger partial charge is 1.00 e. The molecule has 0 nitrogen and oxygen atoms in total. The Labute approximate surface area is 302 Å². The Bertz CT molecular complexity index is 1390. The molecular formula is C43H60Cl2Zr. The molecule has 0 radical (unpaired) electrons. The number of fused-ring (bicyclic) bond motifs is 3. The van der Waals surface area contributed by atoms with E-state index in [0.29, 0.717) is 3.63 Å². The summed E-state index contributed by atoms with van der Waals surface area (Å²) in [7, 11) is 0. The Balaban J connectivity index is 0.00000240. The molecule has 2 fully saturated rings. The van der Waals surface area contributed by atoms with E-state index < -0.39 is 21.3 Å². The van der Waals surface area contributed by atoms with Gasteiger partial charge in [0.15, 0.2) is 0 Å². The van der Waals surface area contributed by atoms with Crippen LogP contribution in [0, 0.1) is 25.7 Å². The summed E-state index contributed by atoms with van der Waals surface area (Å²) in [4.78, 5) is 0. The van der Waals surface area contributed by atoms with E-state index in [1.807, 2.05) is 3.28 Å². The largest absolute Gasteiger partial charge is 1.00 e. The van der Waals surface area contributed by atoms with E-state index >= 15 is 0 Å². The van der Waals surface area contributed by atoms with Crippen LogP contribution >= 0.6 is 0 Å². The first-order valence-corrected chi connectivity index (χ1v) is 22.2. The maximum Gasteiger partial charge on any atom is -1.00 e. The molecule has 0 atom stereocenters. The second-order valence-corrected chi connectivity index (χ2v) is 24.0. The van der Waals surface area contributed by atoms with Crippen molar-refractivity contribution in [3.8, 4) is 11.1 Å². The first-order valence-electron chi connectivity index (χ1n) is 18.3. The molecule has 2 aromatic rings. The average molecular weight is 739 g/mol. The predicted molar refractivity (Wildman–Crippen MR) is 190 cm³/mol.